The summed E-state index contributed by atoms with van der Waals surface area (Å²) in [4.78, 5) is 31.5. The number of esters is 1. The molecule has 9 nitrogen and oxygen atoms in total. The molecule has 10 heteroatoms. The van der Waals surface area contributed by atoms with E-state index in [4.69, 9.17) is 35.0 Å². The monoisotopic (exact) mass is 699 g/mol. The SMILES string of the molecule is CCCC[C@@H]1OC(c2ccccc2)OC[C@@]1(C)C1CC2[C@@H](O)c3c(cc(-c4cccnc4)oc3=O)O[C@]2(C)[C@@H](OC(=O)c2ccccc2Cl)C1. The van der Waals surface area contributed by atoms with Gasteiger partial charge in [0.2, 0.25) is 0 Å². The predicted octanol–water partition coefficient (Wildman–Crippen LogP) is 8.10. The summed E-state index contributed by atoms with van der Waals surface area (Å²) >= 11 is 6.44. The molecule has 2 aromatic heterocycles. The maximum atomic E-state index is 13.8. The highest BCUT2D eigenvalue weighted by molar-refractivity contribution is 6.33. The normalized spacial score (nSPS) is 30.4. The number of aliphatic hydroxyl groups is 1. The first kappa shape index (κ1) is 34.4. The van der Waals surface area contributed by atoms with E-state index < -0.39 is 47.0 Å². The van der Waals surface area contributed by atoms with Gasteiger partial charge in [-0.05, 0) is 56.4 Å². The second-order valence-electron chi connectivity index (χ2n) is 14.1. The molecule has 1 saturated carbocycles. The summed E-state index contributed by atoms with van der Waals surface area (Å²) in [5.41, 5.74) is -0.613. The molecule has 1 aliphatic carbocycles. The van der Waals surface area contributed by atoms with Crippen LogP contribution in [-0.4, -0.2) is 40.5 Å². The number of benzene rings is 2. The molecule has 262 valence electrons. The Morgan fingerprint density at radius 1 is 1.06 bits per heavy atom. The molecule has 8 atom stereocenters. The Labute approximate surface area is 296 Å². The fourth-order valence-corrected chi connectivity index (χ4v) is 8.25. The Kier molecular flexibility index (Phi) is 9.60. The summed E-state index contributed by atoms with van der Waals surface area (Å²) < 4.78 is 32.0. The number of nitrogens with zero attached hydrogens (tertiary/aromatic N) is 1. The van der Waals surface area contributed by atoms with E-state index in [0.29, 0.717) is 25.0 Å². The molecular formula is C40H42ClNO8. The van der Waals surface area contributed by atoms with Crippen LogP contribution in [0.3, 0.4) is 0 Å². The number of aliphatic hydroxyl groups excluding tert-OH is 1. The number of hydrogen-bond donors (Lipinski definition) is 1. The van der Waals surface area contributed by atoms with Crippen LogP contribution >= 0.6 is 11.6 Å². The molecule has 0 amide bonds. The number of fused-ring (bicyclic) bond motifs is 2. The maximum absolute atomic E-state index is 13.8. The molecule has 2 aliphatic heterocycles. The summed E-state index contributed by atoms with van der Waals surface area (Å²) in [6.45, 7) is 6.55. The molecule has 1 saturated heterocycles. The molecule has 2 fully saturated rings. The first-order valence-corrected chi connectivity index (χ1v) is 17.7. The molecule has 0 bridgehead atoms. The molecule has 4 aromatic rings. The van der Waals surface area contributed by atoms with Gasteiger partial charge in [-0.2, -0.15) is 0 Å². The molecule has 2 aromatic carbocycles. The molecule has 4 heterocycles. The standard InChI is InChI=1S/C40H42ClNO8/c1-4-5-17-32-39(2,23-46-38(49-32)24-12-7-6-8-13-24)26-19-28-35(43)34-31(21-30(47-37(34)45)25-14-11-18-42-22-25)50-40(28,3)33(20-26)48-36(44)27-15-9-10-16-29(27)41/h6-16,18,21-22,26,28,32-33,35,38,43H,4-5,17,19-20,23H2,1-3H3/t26?,28?,32-,33-,35+,38?,39-,40-/m0/s1. The smallest absolute Gasteiger partial charge is 0.345 e. The lowest BCUT2D eigenvalue weighted by atomic mass is 9.57. The first-order valence-electron chi connectivity index (χ1n) is 17.4. The number of aromatic nitrogens is 1. The lowest BCUT2D eigenvalue weighted by molar-refractivity contribution is -0.291. The van der Waals surface area contributed by atoms with Gasteiger partial charge in [-0.1, -0.05) is 80.8 Å². The van der Waals surface area contributed by atoms with E-state index in [2.05, 4.69) is 18.8 Å². The third-order valence-electron chi connectivity index (χ3n) is 11.1. The van der Waals surface area contributed by atoms with Gasteiger partial charge in [-0.15, -0.1) is 0 Å². The van der Waals surface area contributed by atoms with E-state index >= 15 is 0 Å². The second kappa shape index (κ2) is 13.9. The van der Waals surface area contributed by atoms with Gasteiger partial charge >= 0.3 is 11.6 Å². The number of halogens is 1. The number of rotatable bonds is 8. The molecule has 3 unspecified atom stereocenters. The minimum absolute atomic E-state index is 0.0462. The van der Waals surface area contributed by atoms with E-state index in [1.807, 2.05) is 37.3 Å². The third-order valence-corrected chi connectivity index (χ3v) is 11.4. The number of ether oxygens (including phenoxy) is 4. The van der Waals surface area contributed by atoms with Crippen molar-refractivity contribution in [3.05, 3.63) is 117 Å². The van der Waals surface area contributed by atoms with Crippen molar-refractivity contribution in [2.45, 2.75) is 83.1 Å². The topological polar surface area (TPSA) is 117 Å². The first-order chi connectivity index (χ1) is 24.1. The van der Waals surface area contributed by atoms with Crippen molar-refractivity contribution in [2.75, 3.05) is 6.61 Å². The summed E-state index contributed by atoms with van der Waals surface area (Å²) in [5.74, 6) is -0.942. The summed E-state index contributed by atoms with van der Waals surface area (Å²) in [5, 5.41) is 12.4. The summed E-state index contributed by atoms with van der Waals surface area (Å²) in [6.07, 6.45) is 4.06. The van der Waals surface area contributed by atoms with Gasteiger partial charge < -0.3 is 28.5 Å². The fraction of sp³-hybridized carbons (Fsp3) is 0.425. The lowest BCUT2D eigenvalue weighted by Crippen LogP contribution is -2.63. The zero-order chi connectivity index (χ0) is 35.0. The van der Waals surface area contributed by atoms with Gasteiger partial charge in [-0.3, -0.25) is 4.98 Å². The Morgan fingerprint density at radius 2 is 1.84 bits per heavy atom. The van der Waals surface area contributed by atoms with Crippen LogP contribution in [0, 0.1) is 17.3 Å². The number of pyridine rings is 1. The molecule has 0 spiro atoms. The summed E-state index contributed by atoms with van der Waals surface area (Å²) in [6, 6.07) is 21.7. The molecule has 1 N–H and O–H groups in total. The zero-order valence-corrected chi connectivity index (χ0v) is 29.2. The second-order valence-corrected chi connectivity index (χ2v) is 14.5. The van der Waals surface area contributed by atoms with E-state index in [1.165, 1.54) is 0 Å². The third kappa shape index (κ3) is 6.25. The highest BCUT2D eigenvalue weighted by atomic mass is 35.5. The lowest BCUT2D eigenvalue weighted by Gasteiger charge is -2.57. The van der Waals surface area contributed by atoms with Crippen LogP contribution in [-0.2, 0) is 14.2 Å². The van der Waals surface area contributed by atoms with E-state index in [9.17, 15) is 14.7 Å². The Balaban J connectivity index is 1.27. The van der Waals surface area contributed by atoms with Crippen molar-refractivity contribution in [1.29, 1.82) is 0 Å². The quantitative estimate of drug-likeness (QED) is 0.182. The highest BCUT2D eigenvalue weighted by Gasteiger charge is 2.61. The zero-order valence-electron chi connectivity index (χ0n) is 28.4. The van der Waals surface area contributed by atoms with E-state index in [-0.39, 0.29) is 39.7 Å². The van der Waals surface area contributed by atoms with Crippen molar-refractivity contribution in [3.8, 4) is 17.1 Å². The van der Waals surface area contributed by atoms with Crippen molar-refractivity contribution in [1.82, 2.24) is 4.98 Å². The number of carbonyl (C=O) groups is 1. The average molecular weight is 700 g/mol. The van der Waals surface area contributed by atoms with Gasteiger partial charge in [0.25, 0.3) is 0 Å². The predicted molar refractivity (Wildman–Crippen MR) is 187 cm³/mol. The van der Waals surface area contributed by atoms with E-state index in [1.54, 1.807) is 54.9 Å². The molecule has 0 radical (unpaired) electrons. The van der Waals surface area contributed by atoms with Crippen molar-refractivity contribution >= 4 is 17.6 Å². The molecule has 7 rings (SSSR count). The fourth-order valence-electron chi connectivity index (χ4n) is 8.04. The Hall–Kier alpha value is -4.02. The van der Waals surface area contributed by atoms with Crippen LogP contribution in [0.15, 0.2) is 94.4 Å². The Morgan fingerprint density at radius 3 is 2.58 bits per heavy atom. The van der Waals surface area contributed by atoms with Crippen LogP contribution in [0.1, 0.15) is 86.8 Å². The molecule has 3 aliphatic rings. The van der Waals surface area contributed by atoms with Crippen LogP contribution in [0.2, 0.25) is 5.02 Å². The van der Waals surface area contributed by atoms with Crippen LogP contribution in [0.5, 0.6) is 5.75 Å². The van der Waals surface area contributed by atoms with Gasteiger partial charge in [0.1, 0.15) is 28.8 Å². The van der Waals surface area contributed by atoms with Gasteiger partial charge in [-0.25, -0.2) is 9.59 Å². The van der Waals surface area contributed by atoms with Crippen LogP contribution < -0.4 is 10.4 Å². The molecular weight excluding hydrogens is 658 g/mol. The average Bonchev–Trinajstić information content (AvgIpc) is 3.12. The van der Waals surface area contributed by atoms with Crippen LogP contribution in [0.25, 0.3) is 11.3 Å². The maximum Gasteiger partial charge on any atom is 0.345 e. The number of carbonyl (C=O) groups excluding carboxylic acids is 1. The molecule has 50 heavy (non-hydrogen) atoms. The largest absolute Gasteiger partial charge is 0.482 e. The number of hydrogen-bond acceptors (Lipinski definition) is 9. The van der Waals surface area contributed by atoms with Crippen molar-refractivity contribution in [2.24, 2.45) is 17.3 Å². The number of unbranched alkanes of at least 4 members (excludes halogenated alkanes) is 1. The van der Waals surface area contributed by atoms with Gasteiger partial charge in [0.15, 0.2) is 6.29 Å². The Bertz CT molecular complexity index is 1890. The minimum Gasteiger partial charge on any atom is -0.482 e. The van der Waals surface area contributed by atoms with Crippen molar-refractivity contribution in [3.63, 3.8) is 0 Å². The van der Waals surface area contributed by atoms with E-state index in [0.717, 1.165) is 24.8 Å². The van der Waals surface area contributed by atoms with Crippen molar-refractivity contribution < 1.29 is 33.3 Å². The summed E-state index contributed by atoms with van der Waals surface area (Å²) in [7, 11) is 0. The van der Waals surface area contributed by atoms with Gasteiger partial charge in [0.05, 0.1) is 29.4 Å². The minimum atomic E-state index is -1.26. The van der Waals surface area contributed by atoms with Gasteiger partial charge in [0, 0.05) is 40.9 Å². The van der Waals surface area contributed by atoms with Crippen LogP contribution in [0.4, 0.5) is 0 Å². The highest BCUT2D eigenvalue weighted by Crippen LogP contribution is 2.57.